The summed E-state index contributed by atoms with van der Waals surface area (Å²) in [7, 11) is 0. The van der Waals surface area contributed by atoms with E-state index in [1.165, 1.54) is 11.3 Å². The molecule has 2 N–H and O–H groups in total. The normalized spacial score (nSPS) is 10.2. The molecule has 5 heteroatoms. The minimum absolute atomic E-state index is 0.000643. The summed E-state index contributed by atoms with van der Waals surface area (Å²) in [4.78, 5) is 18.7. The SMILES string of the molecule is O=C(NCCCc1ncc[nH]1)c1ccsc1. The summed E-state index contributed by atoms with van der Waals surface area (Å²) in [6, 6.07) is 1.83. The summed E-state index contributed by atoms with van der Waals surface area (Å²) >= 11 is 1.53. The van der Waals surface area contributed by atoms with Crippen LogP contribution in [-0.4, -0.2) is 22.4 Å². The molecule has 4 nitrogen and oxygen atoms in total. The van der Waals surface area contributed by atoms with Gasteiger partial charge < -0.3 is 10.3 Å². The van der Waals surface area contributed by atoms with Crippen LogP contribution in [-0.2, 0) is 6.42 Å². The predicted molar refractivity (Wildman–Crippen MR) is 63.6 cm³/mol. The minimum Gasteiger partial charge on any atom is -0.352 e. The van der Waals surface area contributed by atoms with E-state index in [0.717, 1.165) is 24.2 Å². The molecule has 0 spiro atoms. The molecule has 0 aliphatic rings. The smallest absolute Gasteiger partial charge is 0.252 e. The van der Waals surface area contributed by atoms with Crippen LogP contribution in [0.2, 0.25) is 0 Å². The van der Waals surface area contributed by atoms with Crippen molar-refractivity contribution >= 4 is 17.2 Å². The van der Waals surface area contributed by atoms with Gasteiger partial charge in [-0.2, -0.15) is 11.3 Å². The number of H-pyrrole nitrogens is 1. The van der Waals surface area contributed by atoms with Crippen LogP contribution in [0, 0.1) is 0 Å². The Morgan fingerprint density at radius 1 is 1.56 bits per heavy atom. The molecule has 84 valence electrons. The minimum atomic E-state index is 0.000643. The first-order valence-corrected chi connectivity index (χ1v) is 6.09. The zero-order chi connectivity index (χ0) is 11.2. The lowest BCUT2D eigenvalue weighted by atomic mass is 10.3. The average molecular weight is 235 g/mol. The molecule has 2 heterocycles. The van der Waals surface area contributed by atoms with Gasteiger partial charge in [0.25, 0.3) is 5.91 Å². The molecule has 2 aromatic rings. The van der Waals surface area contributed by atoms with Crippen molar-refractivity contribution in [3.63, 3.8) is 0 Å². The highest BCUT2D eigenvalue weighted by Crippen LogP contribution is 2.05. The number of rotatable bonds is 5. The maximum absolute atomic E-state index is 11.5. The van der Waals surface area contributed by atoms with Crippen LogP contribution in [0.3, 0.4) is 0 Å². The van der Waals surface area contributed by atoms with Crippen LogP contribution in [0.4, 0.5) is 0 Å². The second kappa shape index (κ2) is 5.46. The Balaban J connectivity index is 1.67. The predicted octanol–water partition coefficient (Wildman–Crippen LogP) is 1.83. The van der Waals surface area contributed by atoms with Crippen LogP contribution in [0.1, 0.15) is 22.6 Å². The molecule has 0 bridgehead atoms. The number of nitrogens with one attached hydrogen (secondary N) is 2. The van der Waals surface area contributed by atoms with Crippen molar-refractivity contribution in [2.45, 2.75) is 12.8 Å². The fraction of sp³-hybridized carbons (Fsp3) is 0.273. The van der Waals surface area contributed by atoms with Crippen LogP contribution >= 0.6 is 11.3 Å². The van der Waals surface area contributed by atoms with E-state index in [2.05, 4.69) is 15.3 Å². The zero-order valence-corrected chi connectivity index (χ0v) is 9.59. The van der Waals surface area contributed by atoms with Gasteiger partial charge in [0.05, 0.1) is 0 Å². The quantitative estimate of drug-likeness (QED) is 0.777. The van der Waals surface area contributed by atoms with Gasteiger partial charge in [-0.25, -0.2) is 4.98 Å². The van der Waals surface area contributed by atoms with Crippen molar-refractivity contribution < 1.29 is 4.79 Å². The molecular formula is C11H13N3OS. The number of aromatic nitrogens is 2. The number of aryl methyl sites for hydroxylation is 1. The molecule has 0 saturated heterocycles. The Bertz CT molecular complexity index is 422. The largest absolute Gasteiger partial charge is 0.352 e. The number of nitrogens with zero attached hydrogens (tertiary/aromatic N) is 1. The van der Waals surface area contributed by atoms with Gasteiger partial charge in [0.2, 0.25) is 0 Å². The first-order chi connectivity index (χ1) is 7.86. The number of thiophene rings is 1. The van der Waals surface area contributed by atoms with Gasteiger partial charge in [0, 0.05) is 36.3 Å². The van der Waals surface area contributed by atoms with Gasteiger partial charge in [-0.3, -0.25) is 4.79 Å². The molecule has 1 amide bonds. The Kier molecular flexibility index (Phi) is 3.71. The number of hydrogen-bond acceptors (Lipinski definition) is 3. The van der Waals surface area contributed by atoms with Crippen LogP contribution < -0.4 is 5.32 Å². The zero-order valence-electron chi connectivity index (χ0n) is 8.77. The molecule has 16 heavy (non-hydrogen) atoms. The number of carbonyl (C=O) groups is 1. The van der Waals surface area contributed by atoms with E-state index in [4.69, 9.17) is 0 Å². The molecule has 0 saturated carbocycles. The molecule has 0 radical (unpaired) electrons. The Labute approximate surface area is 97.7 Å². The molecule has 0 atom stereocenters. The van der Waals surface area contributed by atoms with Crippen molar-refractivity contribution in [3.05, 3.63) is 40.6 Å². The first-order valence-electron chi connectivity index (χ1n) is 5.15. The fourth-order valence-corrected chi connectivity index (χ4v) is 2.02. The number of aromatic amines is 1. The Morgan fingerprint density at radius 2 is 2.50 bits per heavy atom. The molecule has 0 aliphatic carbocycles. The van der Waals surface area contributed by atoms with Crippen LogP contribution in [0.5, 0.6) is 0 Å². The van der Waals surface area contributed by atoms with Gasteiger partial charge in [0.15, 0.2) is 0 Å². The number of imidazole rings is 1. The van der Waals surface area contributed by atoms with Crippen molar-refractivity contribution in [1.29, 1.82) is 0 Å². The molecule has 0 aromatic carbocycles. The summed E-state index contributed by atoms with van der Waals surface area (Å²) in [5.74, 6) is 0.963. The highest BCUT2D eigenvalue weighted by Gasteiger charge is 2.04. The average Bonchev–Trinajstić information content (AvgIpc) is 2.96. The van der Waals surface area contributed by atoms with E-state index in [1.54, 1.807) is 12.4 Å². The topological polar surface area (TPSA) is 57.8 Å². The fourth-order valence-electron chi connectivity index (χ4n) is 1.39. The van der Waals surface area contributed by atoms with E-state index >= 15 is 0 Å². The van der Waals surface area contributed by atoms with Crippen LogP contribution in [0.25, 0.3) is 0 Å². The molecule has 0 unspecified atom stereocenters. The van der Waals surface area contributed by atoms with E-state index in [0.29, 0.717) is 6.54 Å². The summed E-state index contributed by atoms with van der Waals surface area (Å²) in [6.45, 7) is 0.676. The van der Waals surface area contributed by atoms with Gasteiger partial charge in [-0.05, 0) is 17.9 Å². The maximum Gasteiger partial charge on any atom is 0.252 e. The van der Waals surface area contributed by atoms with Gasteiger partial charge in [0.1, 0.15) is 5.82 Å². The second-order valence-electron chi connectivity index (χ2n) is 3.41. The van der Waals surface area contributed by atoms with E-state index in [-0.39, 0.29) is 5.91 Å². The van der Waals surface area contributed by atoms with Gasteiger partial charge >= 0.3 is 0 Å². The first kappa shape index (κ1) is 10.9. The molecule has 2 aromatic heterocycles. The second-order valence-corrected chi connectivity index (χ2v) is 4.19. The van der Waals surface area contributed by atoms with E-state index in [9.17, 15) is 4.79 Å². The van der Waals surface area contributed by atoms with Crippen molar-refractivity contribution in [2.24, 2.45) is 0 Å². The lowest BCUT2D eigenvalue weighted by molar-refractivity contribution is 0.0953. The van der Waals surface area contributed by atoms with Crippen molar-refractivity contribution in [2.75, 3.05) is 6.54 Å². The summed E-state index contributed by atoms with van der Waals surface area (Å²) in [5.41, 5.74) is 0.739. The summed E-state index contributed by atoms with van der Waals surface area (Å²) in [5, 5.41) is 6.62. The maximum atomic E-state index is 11.5. The standard InChI is InChI=1S/C11H13N3OS/c15-11(9-3-7-16-8-9)14-4-1-2-10-12-5-6-13-10/h3,5-8H,1-2,4H2,(H,12,13)(H,14,15). The number of carbonyl (C=O) groups excluding carboxylic acids is 1. The van der Waals surface area contributed by atoms with Crippen molar-refractivity contribution in [1.82, 2.24) is 15.3 Å². The molecule has 0 aliphatic heterocycles. The third-order valence-corrected chi connectivity index (χ3v) is 2.90. The third-order valence-electron chi connectivity index (χ3n) is 2.21. The van der Waals surface area contributed by atoms with Gasteiger partial charge in [-0.15, -0.1) is 0 Å². The highest BCUT2D eigenvalue weighted by atomic mass is 32.1. The lowest BCUT2D eigenvalue weighted by Gasteiger charge is -2.02. The third kappa shape index (κ3) is 2.93. The number of amides is 1. The molecule has 0 fully saturated rings. The van der Waals surface area contributed by atoms with Crippen LogP contribution in [0.15, 0.2) is 29.2 Å². The van der Waals surface area contributed by atoms with Crippen molar-refractivity contribution in [3.8, 4) is 0 Å². The van der Waals surface area contributed by atoms with E-state index in [1.807, 2.05) is 16.8 Å². The van der Waals surface area contributed by atoms with E-state index < -0.39 is 0 Å². The Morgan fingerprint density at radius 3 is 3.19 bits per heavy atom. The molecular weight excluding hydrogens is 222 g/mol. The molecule has 2 rings (SSSR count). The monoisotopic (exact) mass is 235 g/mol. The Hall–Kier alpha value is -1.62. The summed E-state index contributed by atoms with van der Waals surface area (Å²) in [6.07, 6.45) is 5.29. The number of hydrogen-bond donors (Lipinski definition) is 2. The van der Waals surface area contributed by atoms with Gasteiger partial charge in [-0.1, -0.05) is 0 Å². The summed E-state index contributed by atoms with van der Waals surface area (Å²) < 4.78 is 0. The lowest BCUT2D eigenvalue weighted by Crippen LogP contribution is -2.24. The highest BCUT2D eigenvalue weighted by molar-refractivity contribution is 7.08.